The molecule has 5 heteroatoms. The van der Waals surface area contributed by atoms with Crippen LogP contribution in [0.15, 0.2) is 60.7 Å². The lowest BCUT2D eigenvalue weighted by Gasteiger charge is -2.43. The first-order chi connectivity index (χ1) is 15.0. The van der Waals surface area contributed by atoms with Crippen molar-refractivity contribution in [3.8, 4) is 0 Å². The minimum Gasteiger partial charge on any atom is -0.405 e. The van der Waals surface area contributed by atoms with Crippen LogP contribution in [0.4, 0.5) is 0 Å². The normalized spacial score (nSPS) is 12.3. The van der Waals surface area contributed by atoms with Crippen LogP contribution in [0.5, 0.6) is 0 Å². The Hall–Kier alpha value is -1.50. The van der Waals surface area contributed by atoms with Crippen LogP contribution in [-0.2, 0) is 9.16 Å². The molecule has 0 aliphatic rings. The molecule has 0 atom stereocenters. The molecule has 0 bridgehead atoms. The molecule has 2 aromatic carbocycles. The highest BCUT2D eigenvalue weighted by Crippen LogP contribution is 2.36. The Kier molecular flexibility index (Phi) is 11.5. The topological polar surface area (TPSA) is 56.5 Å². The van der Waals surface area contributed by atoms with Gasteiger partial charge in [-0.25, -0.2) is 0 Å². The number of hydrogen-bond acceptors (Lipinski definition) is 4. The molecule has 2 aromatic rings. The summed E-state index contributed by atoms with van der Waals surface area (Å²) in [6.07, 6.45) is 4.82. The van der Waals surface area contributed by atoms with Gasteiger partial charge in [0.1, 0.15) is 0 Å². The first kappa shape index (κ1) is 25.8. The van der Waals surface area contributed by atoms with Gasteiger partial charge in [0.05, 0.1) is 19.8 Å². The number of nitrogens with two attached hydrogens (primary N) is 1. The number of hydrogen-bond donors (Lipinski definition) is 2. The molecule has 0 radical (unpaired) electrons. The zero-order chi connectivity index (χ0) is 22.4. The van der Waals surface area contributed by atoms with Gasteiger partial charge in [-0.2, -0.15) is 0 Å². The highest BCUT2D eigenvalue weighted by atomic mass is 28.4. The van der Waals surface area contributed by atoms with E-state index in [-0.39, 0.29) is 5.04 Å². The van der Waals surface area contributed by atoms with E-state index in [2.05, 4.69) is 86.8 Å². The third kappa shape index (κ3) is 7.85. The van der Waals surface area contributed by atoms with Gasteiger partial charge in [0.2, 0.25) is 0 Å². The summed E-state index contributed by atoms with van der Waals surface area (Å²) in [7, 11) is -2.45. The van der Waals surface area contributed by atoms with Crippen molar-refractivity contribution >= 4 is 18.7 Å². The molecule has 0 heterocycles. The second-order valence-corrected chi connectivity index (χ2v) is 13.4. The van der Waals surface area contributed by atoms with Gasteiger partial charge in [0, 0.05) is 6.54 Å². The molecular formula is C26H42N2O2Si. The average Bonchev–Trinajstić information content (AvgIpc) is 2.77. The maximum absolute atomic E-state index is 6.83. The zero-order valence-corrected chi connectivity index (χ0v) is 20.7. The van der Waals surface area contributed by atoms with E-state index >= 15 is 0 Å². The molecule has 0 unspecified atom stereocenters. The van der Waals surface area contributed by atoms with Crippen LogP contribution in [-0.4, -0.2) is 47.8 Å². The number of unbranched alkanes of at least 4 members (excludes halogenated alkanes) is 3. The number of benzene rings is 2. The van der Waals surface area contributed by atoms with Gasteiger partial charge in [0.25, 0.3) is 8.32 Å². The highest BCUT2D eigenvalue weighted by molar-refractivity contribution is 6.99. The molecule has 0 spiro atoms. The maximum atomic E-state index is 6.83. The first-order valence-corrected chi connectivity index (χ1v) is 13.7. The maximum Gasteiger partial charge on any atom is 0.261 e. The Morgan fingerprint density at radius 3 is 1.87 bits per heavy atom. The van der Waals surface area contributed by atoms with E-state index in [1.54, 1.807) is 0 Å². The summed E-state index contributed by atoms with van der Waals surface area (Å²) >= 11 is 0. The second kappa shape index (κ2) is 13.8. The van der Waals surface area contributed by atoms with Crippen molar-refractivity contribution in [2.75, 3.05) is 39.5 Å². The lowest BCUT2D eigenvalue weighted by Crippen LogP contribution is -2.66. The summed E-state index contributed by atoms with van der Waals surface area (Å²) in [5, 5.41) is 6.08. The molecule has 2 rings (SSSR count). The molecule has 0 aliphatic heterocycles. The van der Waals surface area contributed by atoms with Crippen molar-refractivity contribution < 1.29 is 9.16 Å². The lowest BCUT2D eigenvalue weighted by molar-refractivity contribution is 0.0985. The third-order valence-electron chi connectivity index (χ3n) is 5.69. The van der Waals surface area contributed by atoms with E-state index in [1.165, 1.54) is 29.6 Å². The van der Waals surface area contributed by atoms with E-state index in [9.17, 15) is 0 Å². The number of rotatable bonds is 15. The summed E-state index contributed by atoms with van der Waals surface area (Å²) in [6.45, 7) is 11.6. The van der Waals surface area contributed by atoms with Crippen LogP contribution in [0.2, 0.25) is 5.04 Å². The Bertz CT molecular complexity index is 665. The quantitative estimate of drug-likeness (QED) is 0.326. The lowest BCUT2D eigenvalue weighted by atomic mass is 10.2. The fourth-order valence-electron chi connectivity index (χ4n) is 4.13. The van der Waals surface area contributed by atoms with Gasteiger partial charge in [-0.15, -0.1) is 0 Å². The van der Waals surface area contributed by atoms with Gasteiger partial charge in [-0.05, 0) is 41.3 Å². The molecular weight excluding hydrogens is 400 g/mol. The fourth-order valence-corrected chi connectivity index (χ4v) is 8.68. The van der Waals surface area contributed by atoms with Gasteiger partial charge in [-0.3, -0.25) is 0 Å². The predicted molar refractivity (Wildman–Crippen MR) is 135 cm³/mol. The van der Waals surface area contributed by atoms with Crippen LogP contribution in [0, 0.1) is 0 Å². The van der Waals surface area contributed by atoms with Crippen molar-refractivity contribution in [2.24, 2.45) is 5.73 Å². The number of nitrogens with one attached hydrogen (secondary N) is 1. The molecule has 0 saturated heterocycles. The van der Waals surface area contributed by atoms with Crippen LogP contribution in [0.1, 0.15) is 46.5 Å². The average molecular weight is 443 g/mol. The zero-order valence-electron chi connectivity index (χ0n) is 19.7. The third-order valence-corrected chi connectivity index (χ3v) is 10.7. The standard InChI is InChI=1S/C26H42N2O2Si/c1-26(2,3)31(24-14-8-6-9-15-24,25-16-10-7-11-17-25)30-23-22-29-21-20-28-19-13-5-4-12-18-27/h6-11,14-17,28H,4-5,12-13,18-23,27H2,1-3H3. The van der Waals surface area contributed by atoms with Crippen molar-refractivity contribution in [3.63, 3.8) is 0 Å². The van der Waals surface area contributed by atoms with Crippen molar-refractivity contribution in [2.45, 2.75) is 51.5 Å². The Morgan fingerprint density at radius 2 is 1.32 bits per heavy atom. The van der Waals surface area contributed by atoms with Crippen molar-refractivity contribution in [3.05, 3.63) is 60.7 Å². The fraction of sp³-hybridized carbons (Fsp3) is 0.538. The molecule has 0 fully saturated rings. The van der Waals surface area contributed by atoms with Crippen molar-refractivity contribution in [1.82, 2.24) is 5.32 Å². The van der Waals surface area contributed by atoms with E-state index in [4.69, 9.17) is 14.9 Å². The molecule has 3 N–H and O–H groups in total. The molecule has 0 aliphatic carbocycles. The van der Waals surface area contributed by atoms with Crippen molar-refractivity contribution in [1.29, 1.82) is 0 Å². The van der Waals surface area contributed by atoms with Gasteiger partial charge >= 0.3 is 0 Å². The molecule has 31 heavy (non-hydrogen) atoms. The van der Waals surface area contributed by atoms with E-state index in [0.717, 1.165) is 26.1 Å². The molecule has 0 amide bonds. The minimum atomic E-state index is -2.45. The molecule has 0 aromatic heterocycles. The Labute approximate surface area is 190 Å². The Morgan fingerprint density at radius 1 is 0.742 bits per heavy atom. The van der Waals surface area contributed by atoms with Gasteiger partial charge < -0.3 is 20.2 Å². The predicted octanol–water partition coefficient (Wildman–Crippen LogP) is 3.69. The van der Waals surface area contributed by atoms with Crippen LogP contribution in [0.25, 0.3) is 0 Å². The summed E-state index contributed by atoms with van der Waals surface area (Å²) in [5.41, 5.74) is 5.53. The summed E-state index contributed by atoms with van der Waals surface area (Å²) in [6, 6.07) is 21.5. The van der Waals surface area contributed by atoms with Crippen LogP contribution < -0.4 is 21.4 Å². The summed E-state index contributed by atoms with van der Waals surface area (Å²) in [5.74, 6) is 0. The van der Waals surface area contributed by atoms with Crippen LogP contribution in [0.3, 0.4) is 0 Å². The van der Waals surface area contributed by atoms with E-state index < -0.39 is 8.32 Å². The van der Waals surface area contributed by atoms with E-state index in [0.29, 0.717) is 19.8 Å². The highest BCUT2D eigenvalue weighted by Gasteiger charge is 2.49. The Balaban J connectivity index is 1.88. The molecule has 4 nitrogen and oxygen atoms in total. The first-order valence-electron chi connectivity index (χ1n) is 11.8. The van der Waals surface area contributed by atoms with Gasteiger partial charge in [-0.1, -0.05) is 94.3 Å². The summed E-state index contributed by atoms with van der Waals surface area (Å²) < 4.78 is 12.7. The minimum absolute atomic E-state index is 0.00115. The summed E-state index contributed by atoms with van der Waals surface area (Å²) in [4.78, 5) is 0. The largest absolute Gasteiger partial charge is 0.405 e. The monoisotopic (exact) mass is 442 g/mol. The molecule has 0 saturated carbocycles. The van der Waals surface area contributed by atoms with Crippen LogP contribution >= 0.6 is 0 Å². The number of ether oxygens (including phenoxy) is 1. The second-order valence-electron chi connectivity index (χ2n) is 9.08. The van der Waals surface area contributed by atoms with Gasteiger partial charge in [0.15, 0.2) is 0 Å². The van der Waals surface area contributed by atoms with E-state index in [1.807, 2.05) is 0 Å². The SMILES string of the molecule is CC(C)(C)[Si](OCCOCCNCCCCCCN)(c1ccccc1)c1ccccc1. The smallest absolute Gasteiger partial charge is 0.261 e. The molecule has 172 valence electrons.